The van der Waals surface area contributed by atoms with E-state index >= 15 is 0 Å². The zero-order chi connectivity index (χ0) is 20.6. The van der Waals surface area contributed by atoms with Gasteiger partial charge in [-0.1, -0.05) is 13.8 Å². The van der Waals surface area contributed by atoms with Gasteiger partial charge in [-0.2, -0.15) is 0 Å². The van der Waals surface area contributed by atoms with Crippen LogP contribution in [0.1, 0.15) is 32.4 Å². The minimum atomic E-state index is -1.30. The largest absolute Gasteiger partial charge is 0.480 e. The third-order valence-corrected chi connectivity index (χ3v) is 3.86. The van der Waals surface area contributed by atoms with Gasteiger partial charge in [0.15, 0.2) is 0 Å². The number of carboxylic acid groups (broad SMARTS) is 1. The summed E-state index contributed by atoms with van der Waals surface area (Å²) in [5.41, 5.74) is 11.5. The van der Waals surface area contributed by atoms with E-state index in [1.165, 1.54) is 6.33 Å². The second-order valence-electron chi connectivity index (χ2n) is 6.51. The van der Waals surface area contributed by atoms with Crippen molar-refractivity contribution in [3.63, 3.8) is 0 Å². The number of nitrogens with zero attached hydrogens (tertiary/aromatic N) is 1. The van der Waals surface area contributed by atoms with E-state index in [0.29, 0.717) is 5.69 Å². The van der Waals surface area contributed by atoms with Crippen LogP contribution in [0.3, 0.4) is 0 Å². The third-order valence-electron chi connectivity index (χ3n) is 3.86. The third kappa shape index (κ3) is 7.44. The lowest BCUT2D eigenvalue weighted by Crippen LogP contribution is -2.56. The molecule has 1 aromatic rings. The molecule has 0 unspecified atom stereocenters. The molecule has 8 N–H and O–H groups in total. The fourth-order valence-corrected chi connectivity index (χ4v) is 2.32. The number of imidazole rings is 1. The zero-order valence-corrected chi connectivity index (χ0v) is 15.3. The smallest absolute Gasteiger partial charge is 0.326 e. The van der Waals surface area contributed by atoms with E-state index in [0.717, 1.165) is 0 Å². The van der Waals surface area contributed by atoms with E-state index in [1.54, 1.807) is 20.0 Å². The van der Waals surface area contributed by atoms with Crippen molar-refractivity contribution in [2.45, 2.75) is 51.2 Å². The molecule has 1 aromatic heterocycles. The van der Waals surface area contributed by atoms with Crippen molar-refractivity contribution in [3.05, 3.63) is 18.2 Å². The first kappa shape index (κ1) is 22.1. The molecule has 0 aliphatic carbocycles. The Bertz CT molecular complexity index is 660. The van der Waals surface area contributed by atoms with Gasteiger partial charge in [0.1, 0.15) is 12.1 Å². The van der Waals surface area contributed by atoms with E-state index in [2.05, 4.69) is 20.6 Å². The first-order valence-corrected chi connectivity index (χ1v) is 8.46. The Kier molecular flexibility index (Phi) is 8.39. The normalized spacial score (nSPS) is 14.2. The van der Waals surface area contributed by atoms with Gasteiger partial charge in [0, 0.05) is 19.0 Å². The van der Waals surface area contributed by atoms with Gasteiger partial charge in [-0.25, -0.2) is 9.78 Å². The van der Waals surface area contributed by atoms with Crippen molar-refractivity contribution in [2.24, 2.45) is 17.4 Å². The predicted octanol–water partition coefficient (Wildman–Crippen LogP) is -1.74. The van der Waals surface area contributed by atoms with Gasteiger partial charge in [0.2, 0.25) is 17.7 Å². The van der Waals surface area contributed by atoms with E-state index in [-0.39, 0.29) is 25.2 Å². The molecule has 0 aliphatic heterocycles. The molecule has 3 amide bonds. The van der Waals surface area contributed by atoms with Crippen LogP contribution in [-0.2, 0) is 25.6 Å². The highest BCUT2D eigenvalue weighted by Gasteiger charge is 2.30. The summed E-state index contributed by atoms with van der Waals surface area (Å²) in [6, 6.07) is -3.20. The number of carboxylic acids is 1. The van der Waals surface area contributed by atoms with Gasteiger partial charge >= 0.3 is 5.97 Å². The Morgan fingerprint density at radius 2 is 1.89 bits per heavy atom. The van der Waals surface area contributed by atoms with Crippen molar-refractivity contribution in [1.82, 2.24) is 20.6 Å². The molecule has 0 radical (unpaired) electrons. The van der Waals surface area contributed by atoms with Crippen LogP contribution in [0, 0.1) is 5.92 Å². The van der Waals surface area contributed by atoms with E-state index < -0.39 is 41.8 Å². The Morgan fingerprint density at radius 1 is 1.22 bits per heavy atom. The van der Waals surface area contributed by atoms with Gasteiger partial charge in [-0.3, -0.25) is 14.4 Å². The fraction of sp³-hybridized carbons (Fsp3) is 0.562. The van der Waals surface area contributed by atoms with Crippen molar-refractivity contribution in [2.75, 3.05) is 0 Å². The Morgan fingerprint density at radius 3 is 2.37 bits per heavy atom. The molecule has 11 heteroatoms. The molecule has 27 heavy (non-hydrogen) atoms. The number of carbonyl (C=O) groups excluding carboxylic acids is 3. The topological polar surface area (TPSA) is 193 Å². The summed E-state index contributed by atoms with van der Waals surface area (Å²) >= 11 is 0. The molecule has 0 saturated heterocycles. The summed E-state index contributed by atoms with van der Waals surface area (Å²) in [5.74, 6) is -3.53. The highest BCUT2D eigenvalue weighted by Crippen LogP contribution is 2.06. The number of aliphatic carboxylic acids is 1. The second-order valence-corrected chi connectivity index (χ2v) is 6.51. The van der Waals surface area contributed by atoms with Crippen molar-refractivity contribution < 1.29 is 24.3 Å². The lowest BCUT2D eigenvalue weighted by molar-refractivity contribution is -0.142. The SMILES string of the molecule is CC(C)[C@H](NC(=O)[C@@H](N)Cc1c[nH]cn1)C(=O)N[C@@H](CCC(N)=O)C(=O)O. The number of nitrogens with one attached hydrogen (secondary N) is 3. The van der Waals surface area contributed by atoms with Crippen LogP contribution in [0.2, 0.25) is 0 Å². The average molecular weight is 382 g/mol. The summed E-state index contributed by atoms with van der Waals surface area (Å²) in [6.07, 6.45) is 2.91. The highest BCUT2D eigenvalue weighted by molar-refractivity contribution is 5.92. The predicted molar refractivity (Wildman–Crippen MR) is 95.0 cm³/mol. The number of aromatic nitrogens is 2. The zero-order valence-electron chi connectivity index (χ0n) is 15.3. The molecular weight excluding hydrogens is 356 g/mol. The average Bonchev–Trinajstić information content (AvgIpc) is 3.07. The van der Waals surface area contributed by atoms with Gasteiger partial charge in [-0.15, -0.1) is 0 Å². The minimum Gasteiger partial charge on any atom is -0.480 e. The number of nitrogens with two attached hydrogens (primary N) is 2. The summed E-state index contributed by atoms with van der Waals surface area (Å²) in [6.45, 7) is 3.39. The maximum absolute atomic E-state index is 12.5. The first-order chi connectivity index (χ1) is 12.6. The molecule has 1 rings (SSSR count). The van der Waals surface area contributed by atoms with Crippen LogP contribution in [0.15, 0.2) is 12.5 Å². The molecular formula is C16H26N6O5. The maximum Gasteiger partial charge on any atom is 0.326 e. The van der Waals surface area contributed by atoms with Crippen LogP contribution >= 0.6 is 0 Å². The van der Waals surface area contributed by atoms with Crippen molar-refractivity contribution in [1.29, 1.82) is 0 Å². The Hall–Kier alpha value is -2.95. The molecule has 0 spiro atoms. The number of H-pyrrole nitrogens is 1. The summed E-state index contributed by atoms with van der Waals surface area (Å²) < 4.78 is 0. The number of carbonyl (C=O) groups is 4. The van der Waals surface area contributed by atoms with Gasteiger partial charge < -0.3 is 32.2 Å². The van der Waals surface area contributed by atoms with Crippen molar-refractivity contribution in [3.8, 4) is 0 Å². The summed E-state index contributed by atoms with van der Waals surface area (Å²) in [7, 11) is 0. The molecule has 0 bridgehead atoms. The molecule has 0 fully saturated rings. The van der Waals surface area contributed by atoms with E-state index in [4.69, 9.17) is 11.5 Å². The quantitative estimate of drug-likeness (QED) is 0.261. The number of hydrogen-bond donors (Lipinski definition) is 6. The first-order valence-electron chi connectivity index (χ1n) is 8.46. The van der Waals surface area contributed by atoms with Gasteiger partial charge in [0.25, 0.3) is 0 Å². The van der Waals surface area contributed by atoms with Crippen LogP contribution in [-0.4, -0.2) is 56.9 Å². The Balaban J connectivity index is 2.71. The van der Waals surface area contributed by atoms with Crippen LogP contribution in [0.5, 0.6) is 0 Å². The molecule has 1 heterocycles. The Labute approximate surface area is 156 Å². The monoisotopic (exact) mass is 382 g/mol. The number of aromatic amines is 1. The number of amides is 3. The lowest BCUT2D eigenvalue weighted by atomic mass is 10.0. The fourth-order valence-electron chi connectivity index (χ4n) is 2.32. The molecule has 0 saturated carbocycles. The van der Waals surface area contributed by atoms with Crippen LogP contribution in [0.25, 0.3) is 0 Å². The second kappa shape index (κ2) is 10.3. The number of rotatable bonds is 11. The molecule has 0 aliphatic rings. The van der Waals surface area contributed by atoms with Crippen molar-refractivity contribution >= 4 is 23.7 Å². The molecule has 3 atom stereocenters. The summed E-state index contributed by atoms with van der Waals surface area (Å²) in [5, 5.41) is 14.0. The summed E-state index contributed by atoms with van der Waals surface area (Å²) in [4.78, 5) is 53.6. The molecule has 0 aromatic carbocycles. The van der Waals surface area contributed by atoms with Crippen LogP contribution < -0.4 is 22.1 Å². The standard InChI is InChI=1S/C16H26N6O5/c1-8(2)13(15(25)21-11(16(26)27)3-4-12(18)23)22-14(24)10(17)5-9-6-19-7-20-9/h6-8,10-11,13H,3-5,17H2,1-2H3,(H2,18,23)(H,19,20)(H,21,25)(H,22,24)(H,26,27)/t10-,11-,13-/m0/s1. The maximum atomic E-state index is 12.5. The minimum absolute atomic E-state index is 0.145. The molecule has 150 valence electrons. The lowest BCUT2D eigenvalue weighted by Gasteiger charge is -2.25. The van der Waals surface area contributed by atoms with Crippen LogP contribution in [0.4, 0.5) is 0 Å². The van der Waals surface area contributed by atoms with E-state index in [9.17, 15) is 24.3 Å². The van der Waals surface area contributed by atoms with Gasteiger partial charge in [-0.05, 0) is 12.3 Å². The van der Waals surface area contributed by atoms with E-state index in [1.807, 2.05) is 0 Å². The van der Waals surface area contributed by atoms with Gasteiger partial charge in [0.05, 0.1) is 18.1 Å². The highest BCUT2D eigenvalue weighted by atomic mass is 16.4. The number of hydrogen-bond acceptors (Lipinski definition) is 6. The molecule has 11 nitrogen and oxygen atoms in total. The number of primary amides is 1.